The maximum Gasteiger partial charge on any atom is 0.161 e. The largest absolute Gasteiger partial charge is 0.493 e. The molecular weight excluding hydrogens is 258 g/mol. The van der Waals surface area contributed by atoms with Crippen molar-refractivity contribution in [3.05, 3.63) is 23.8 Å². The molecule has 112 valence electrons. The van der Waals surface area contributed by atoms with Crippen LogP contribution in [0.3, 0.4) is 0 Å². The Hall–Kier alpha value is -1.95. The molecule has 0 spiro atoms. The summed E-state index contributed by atoms with van der Waals surface area (Å²) in [7, 11) is 5.22. The van der Waals surface area contributed by atoms with E-state index < -0.39 is 0 Å². The van der Waals surface area contributed by atoms with E-state index in [1.165, 1.54) is 0 Å². The van der Waals surface area contributed by atoms with Crippen LogP contribution in [0.1, 0.15) is 18.9 Å². The summed E-state index contributed by atoms with van der Waals surface area (Å²) >= 11 is 0. The van der Waals surface area contributed by atoms with Crippen molar-refractivity contribution < 1.29 is 14.7 Å². The van der Waals surface area contributed by atoms with Gasteiger partial charge in [-0.1, -0.05) is 11.2 Å². The van der Waals surface area contributed by atoms with Crippen LogP contribution < -0.4 is 15.2 Å². The third kappa shape index (κ3) is 4.31. The summed E-state index contributed by atoms with van der Waals surface area (Å²) in [6, 6.07) is 5.99. The number of methoxy groups -OCH3 is 2. The maximum absolute atomic E-state index is 8.60. The molecule has 0 radical (unpaired) electrons. The third-order valence-electron chi connectivity index (χ3n) is 3.27. The normalized spacial score (nSPS) is 13.3. The smallest absolute Gasteiger partial charge is 0.161 e. The second-order valence-electron chi connectivity index (χ2n) is 4.75. The van der Waals surface area contributed by atoms with Gasteiger partial charge >= 0.3 is 0 Å². The van der Waals surface area contributed by atoms with Gasteiger partial charge in [-0.15, -0.1) is 0 Å². The second kappa shape index (κ2) is 7.59. The fraction of sp³-hybridized carbons (Fsp3) is 0.500. The molecule has 20 heavy (non-hydrogen) atoms. The zero-order chi connectivity index (χ0) is 15.1. The van der Waals surface area contributed by atoms with Gasteiger partial charge in [-0.2, -0.15) is 0 Å². The predicted octanol–water partition coefficient (Wildman–Crippen LogP) is 1.66. The summed E-state index contributed by atoms with van der Waals surface area (Å²) in [5.41, 5.74) is 6.63. The minimum atomic E-state index is 0.166. The molecule has 0 fully saturated rings. The van der Waals surface area contributed by atoms with E-state index in [4.69, 9.17) is 20.4 Å². The highest BCUT2D eigenvalue weighted by Crippen LogP contribution is 2.28. The van der Waals surface area contributed by atoms with Crippen molar-refractivity contribution in [3.63, 3.8) is 0 Å². The summed E-state index contributed by atoms with van der Waals surface area (Å²) < 4.78 is 10.5. The lowest BCUT2D eigenvalue weighted by atomic mass is 10.1. The van der Waals surface area contributed by atoms with Gasteiger partial charge < -0.3 is 20.4 Å². The van der Waals surface area contributed by atoms with Crippen molar-refractivity contribution in [2.45, 2.75) is 25.9 Å². The molecule has 0 heterocycles. The topological polar surface area (TPSA) is 80.3 Å². The quantitative estimate of drug-likeness (QED) is 0.344. The summed E-state index contributed by atoms with van der Waals surface area (Å²) in [5, 5.41) is 11.6. The average Bonchev–Trinajstić information content (AvgIpc) is 2.46. The lowest BCUT2D eigenvalue weighted by Gasteiger charge is -2.24. The van der Waals surface area contributed by atoms with Crippen LogP contribution in [-0.2, 0) is 6.54 Å². The predicted molar refractivity (Wildman–Crippen MR) is 78.5 cm³/mol. The van der Waals surface area contributed by atoms with Gasteiger partial charge in [0.05, 0.1) is 14.2 Å². The van der Waals surface area contributed by atoms with Crippen LogP contribution >= 0.6 is 0 Å². The fourth-order valence-corrected chi connectivity index (χ4v) is 1.92. The van der Waals surface area contributed by atoms with Crippen LogP contribution in [-0.4, -0.2) is 43.3 Å². The van der Waals surface area contributed by atoms with Crippen molar-refractivity contribution in [1.82, 2.24) is 4.90 Å². The number of nitrogens with two attached hydrogens (primary N) is 1. The van der Waals surface area contributed by atoms with Gasteiger partial charge in [0.1, 0.15) is 5.84 Å². The monoisotopic (exact) mass is 281 g/mol. The van der Waals surface area contributed by atoms with E-state index in [1.54, 1.807) is 14.2 Å². The number of oxime groups is 1. The first kappa shape index (κ1) is 16.1. The van der Waals surface area contributed by atoms with Crippen LogP contribution in [0.25, 0.3) is 0 Å². The number of hydrogen-bond acceptors (Lipinski definition) is 5. The van der Waals surface area contributed by atoms with E-state index in [0.717, 1.165) is 12.1 Å². The number of nitrogens with zero attached hydrogens (tertiary/aromatic N) is 2. The molecule has 0 saturated carbocycles. The Morgan fingerprint density at radius 3 is 2.55 bits per heavy atom. The van der Waals surface area contributed by atoms with Crippen LogP contribution in [0.4, 0.5) is 0 Å². The zero-order valence-corrected chi connectivity index (χ0v) is 12.5. The second-order valence-corrected chi connectivity index (χ2v) is 4.75. The zero-order valence-electron chi connectivity index (χ0n) is 12.5. The first-order valence-electron chi connectivity index (χ1n) is 6.39. The molecule has 1 atom stereocenters. The Bertz CT molecular complexity index is 463. The number of amidine groups is 1. The first-order valence-corrected chi connectivity index (χ1v) is 6.39. The van der Waals surface area contributed by atoms with Gasteiger partial charge in [0.15, 0.2) is 11.5 Å². The van der Waals surface area contributed by atoms with Crippen molar-refractivity contribution in [2.24, 2.45) is 10.9 Å². The maximum atomic E-state index is 8.60. The summed E-state index contributed by atoms with van der Waals surface area (Å²) in [6.07, 6.45) is 0.514. The SMILES string of the molecule is COc1ccc(CN(C)C(C)CC(N)=NO)cc1OC. The molecule has 0 aliphatic rings. The summed E-state index contributed by atoms with van der Waals surface area (Å²) in [5.74, 6) is 1.66. The minimum Gasteiger partial charge on any atom is -0.493 e. The lowest BCUT2D eigenvalue weighted by Crippen LogP contribution is -2.32. The molecule has 6 heteroatoms. The van der Waals surface area contributed by atoms with E-state index in [1.807, 2.05) is 32.2 Å². The molecule has 1 unspecified atom stereocenters. The van der Waals surface area contributed by atoms with E-state index in [9.17, 15) is 0 Å². The Labute approximate surface area is 119 Å². The third-order valence-corrected chi connectivity index (χ3v) is 3.27. The van der Waals surface area contributed by atoms with Gasteiger partial charge in [0.2, 0.25) is 0 Å². The van der Waals surface area contributed by atoms with Crippen LogP contribution in [0.15, 0.2) is 23.4 Å². The van der Waals surface area contributed by atoms with Gasteiger partial charge in [0, 0.05) is 19.0 Å². The fourth-order valence-electron chi connectivity index (χ4n) is 1.92. The van der Waals surface area contributed by atoms with Crippen LogP contribution in [0, 0.1) is 0 Å². The van der Waals surface area contributed by atoms with Crippen LogP contribution in [0.5, 0.6) is 11.5 Å². The molecule has 1 aromatic rings. The Morgan fingerprint density at radius 1 is 1.35 bits per heavy atom. The molecule has 6 nitrogen and oxygen atoms in total. The number of ether oxygens (including phenoxy) is 2. The van der Waals surface area contributed by atoms with E-state index >= 15 is 0 Å². The molecule has 0 aliphatic heterocycles. The molecule has 0 aromatic heterocycles. The highest BCUT2D eigenvalue weighted by molar-refractivity contribution is 5.80. The van der Waals surface area contributed by atoms with Crippen molar-refractivity contribution in [2.75, 3.05) is 21.3 Å². The Kier molecular flexibility index (Phi) is 6.11. The van der Waals surface area contributed by atoms with Gasteiger partial charge in [-0.3, -0.25) is 4.90 Å². The Balaban J connectivity index is 2.72. The molecule has 3 N–H and O–H groups in total. The molecule has 0 aliphatic carbocycles. The molecule has 0 saturated heterocycles. The summed E-state index contributed by atoms with van der Waals surface area (Å²) in [6.45, 7) is 2.76. The van der Waals surface area contributed by atoms with Gasteiger partial charge in [-0.25, -0.2) is 0 Å². The minimum absolute atomic E-state index is 0.166. The average molecular weight is 281 g/mol. The standard InChI is InChI=1S/C14H23N3O3/c1-10(7-14(15)16-18)17(2)9-11-5-6-12(19-3)13(8-11)20-4/h5-6,8,10,18H,7,9H2,1-4H3,(H2,15,16). The molecule has 0 amide bonds. The van der Waals surface area contributed by atoms with Gasteiger partial charge in [-0.05, 0) is 31.7 Å². The number of rotatable bonds is 7. The number of hydrogen-bond donors (Lipinski definition) is 2. The van der Waals surface area contributed by atoms with Crippen molar-refractivity contribution >= 4 is 5.84 Å². The molecular formula is C14H23N3O3. The van der Waals surface area contributed by atoms with Crippen molar-refractivity contribution in [1.29, 1.82) is 0 Å². The number of benzene rings is 1. The molecule has 0 bridgehead atoms. The van der Waals surface area contributed by atoms with Crippen molar-refractivity contribution in [3.8, 4) is 11.5 Å². The highest BCUT2D eigenvalue weighted by atomic mass is 16.5. The van der Waals surface area contributed by atoms with Crippen LogP contribution in [0.2, 0.25) is 0 Å². The highest BCUT2D eigenvalue weighted by Gasteiger charge is 2.13. The van der Waals surface area contributed by atoms with Gasteiger partial charge in [0.25, 0.3) is 0 Å². The lowest BCUT2D eigenvalue weighted by molar-refractivity contribution is 0.250. The molecule has 1 aromatic carbocycles. The molecule has 1 rings (SSSR count). The first-order chi connectivity index (χ1) is 9.51. The van der Waals surface area contributed by atoms with E-state index in [-0.39, 0.29) is 11.9 Å². The Morgan fingerprint density at radius 2 is 2.00 bits per heavy atom. The van der Waals surface area contributed by atoms with E-state index in [2.05, 4.69) is 10.1 Å². The van der Waals surface area contributed by atoms with E-state index in [0.29, 0.717) is 17.9 Å². The summed E-state index contributed by atoms with van der Waals surface area (Å²) in [4.78, 5) is 2.12.